The highest BCUT2D eigenvalue weighted by molar-refractivity contribution is 5.95. The van der Waals surface area contributed by atoms with E-state index in [1.54, 1.807) is 19.2 Å². The highest BCUT2D eigenvalue weighted by Crippen LogP contribution is 2.48. The summed E-state index contributed by atoms with van der Waals surface area (Å²) in [5.41, 5.74) is 8.58. The standard InChI is InChI=1S/C14H21N3O/c1-3-14(6-7-14)9-17-12-5-4-10(8-11(12)15)13(18)16-2/h4-5,8,17H,3,6-7,9,15H2,1-2H3,(H,16,18). The quantitative estimate of drug-likeness (QED) is 0.699. The van der Waals surface area contributed by atoms with Crippen LogP contribution in [0.15, 0.2) is 18.2 Å². The average molecular weight is 247 g/mol. The van der Waals surface area contributed by atoms with E-state index in [2.05, 4.69) is 17.6 Å². The van der Waals surface area contributed by atoms with Gasteiger partial charge in [0.05, 0.1) is 11.4 Å². The Balaban J connectivity index is 2.03. The molecule has 18 heavy (non-hydrogen) atoms. The minimum absolute atomic E-state index is 0.111. The number of amides is 1. The predicted octanol–water partition coefficient (Wildman–Crippen LogP) is 2.23. The minimum atomic E-state index is -0.111. The number of hydrogen-bond acceptors (Lipinski definition) is 3. The van der Waals surface area contributed by atoms with E-state index < -0.39 is 0 Å². The molecule has 1 amide bonds. The molecule has 98 valence electrons. The van der Waals surface area contributed by atoms with Gasteiger partial charge in [0.15, 0.2) is 0 Å². The number of nitrogens with one attached hydrogen (secondary N) is 2. The van der Waals surface area contributed by atoms with Gasteiger partial charge in [-0.25, -0.2) is 0 Å². The SMILES string of the molecule is CCC1(CNc2ccc(C(=O)NC)cc2N)CC1. The van der Waals surface area contributed by atoms with E-state index in [1.807, 2.05) is 6.07 Å². The second kappa shape index (κ2) is 4.88. The predicted molar refractivity (Wildman–Crippen MR) is 74.7 cm³/mol. The van der Waals surface area contributed by atoms with Gasteiger partial charge in [-0.05, 0) is 42.9 Å². The lowest BCUT2D eigenvalue weighted by Gasteiger charge is -2.16. The van der Waals surface area contributed by atoms with Gasteiger partial charge in [-0.3, -0.25) is 4.79 Å². The maximum Gasteiger partial charge on any atom is 0.251 e. The molecule has 1 saturated carbocycles. The van der Waals surface area contributed by atoms with Crippen molar-refractivity contribution in [1.82, 2.24) is 5.32 Å². The zero-order valence-corrected chi connectivity index (χ0v) is 11.0. The van der Waals surface area contributed by atoms with Crippen molar-refractivity contribution in [3.05, 3.63) is 23.8 Å². The van der Waals surface area contributed by atoms with Crippen LogP contribution in [-0.2, 0) is 0 Å². The summed E-state index contributed by atoms with van der Waals surface area (Å²) in [6, 6.07) is 5.39. The lowest BCUT2D eigenvalue weighted by Crippen LogP contribution is -2.19. The van der Waals surface area contributed by atoms with Crippen LogP contribution in [0.25, 0.3) is 0 Å². The van der Waals surface area contributed by atoms with Gasteiger partial charge in [-0.15, -0.1) is 0 Å². The van der Waals surface area contributed by atoms with Crippen LogP contribution in [0.4, 0.5) is 11.4 Å². The number of carbonyl (C=O) groups excluding carboxylic acids is 1. The largest absolute Gasteiger partial charge is 0.397 e. The Morgan fingerprint density at radius 2 is 2.17 bits per heavy atom. The second-order valence-electron chi connectivity index (χ2n) is 5.09. The van der Waals surface area contributed by atoms with Gasteiger partial charge >= 0.3 is 0 Å². The summed E-state index contributed by atoms with van der Waals surface area (Å²) in [5, 5.41) is 5.98. The zero-order valence-electron chi connectivity index (χ0n) is 11.0. The molecule has 0 saturated heterocycles. The molecule has 0 radical (unpaired) electrons. The van der Waals surface area contributed by atoms with Gasteiger partial charge in [0, 0.05) is 19.2 Å². The molecule has 1 fully saturated rings. The first-order valence-corrected chi connectivity index (χ1v) is 6.46. The topological polar surface area (TPSA) is 67.2 Å². The van der Waals surface area contributed by atoms with E-state index in [4.69, 9.17) is 5.73 Å². The highest BCUT2D eigenvalue weighted by Gasteiger charge is 2.40. The third-order valence-electron chi connectivity index (χ3n) is 3.90. The molecule has 0 spiro atoms. The van der Waals surface area contributed by atoms with E-state index in [1.165, 1.54) is 19.3 Å². The Morgan fingerprint density at radius 3 is 2.67 bits per heavy atom. The van der Waals surface area contributed by atoms with Crippen molar-refractivity contribution < 1.29 is 4.79 Å². The van der Waals surface area contributed by atoms with Crippen molar-refractivity contribution in [3.63, 3.8) is 0 Å². The lowest BCUT2D eigenvalue weighted by molar-refractivity contribution is 0.0963. The fourth-order valence-electron chi connectivity index (χ4n) is 2.12. The lowest BCUT2D eigenvalue weighted by atomic mass is 10.0. The number of carbonyl (C=O) groups is 1. The minimum Gasteiger partial charge on any atom is -0.397 e. The second-order valence-corrected chi connectivity index (χ2v) is 5.09. The van der Waals surface area contributed by atoms with Crippen molar-refractivity contribution in [2.75, 3.05) is 24.6 Å². The molecule has 0 heterocycles. The Kier molecular flexibility index (Phi) is 3.45. The van der Waals surface area contributed by atoms with Crippen LogP contribution >= 0.6 is 0 Å². The summed E-state index contributed by atoms with van der Waals surface area (Å²) in [5.74, 6) is -0.111. The molecule has 0 unspecified atom stereocenters. The number of rotatable bonds is 5. The Morgan fingerprint density at radius 1 is 1.44 bits per heavy atom. The van der Waals surface area contributed by atoms with Crippen molar-refractivity contribution in [2.24, 2.45) is 5.41 Å². The molecular formula is C14H21N3O. The van der Waals surface area contributed by atoms with Gasteiger partial charge in [0.2, 0.25) is 0 Å². The van der Waals surface area contributed by atoms with Crippen LogP contribution < -0.4 is 16.4 Å². The maximum absolute atomic E-state index is 11.5. The number of benzene rings is 1. The van der Waals surface area contributed by atoms with Crippen LogP contribution in [0.1, 0.15) is 36.5 Å². The van der Waals surface area contributed by atoms with Gasteiger partial charge < -0.3 is 16.4 Å². The summed E-state index contributed by atoms with van der Waals surface area (Å²) in [7, 11) is 1.61. The van der Waals surface area contributed by atoms with Gasteiger partial charge in [-0.2, -0.15) is 0 Å². The summed E-state index contributed by atoms with van der Waals surface area (Å²) < 4.78 is 0. The molecule has 4 heteroatoms. The fraction of sp³-hybridized carbons (Fsp3) is 0.500. The summed E-state index contributed by atoms with van der Waals surface area (Å²) >= 11 is 0. The first kappa shape index (κ1) is 12.7. The van der Waals surface area contributed by atoms with Gasteiger partial charge in [-0.1, -0.05) is 6.92 Å². The van der Waals surface area contributed by atoms with E-state index in [9.17, 15) is 4.79 Å². The molecule has 2 rings (SSSR count). The molecule has 1 aromatic carbocycles. The van der Waals surface area contributed by atoms with E-state index >= 15 is 0 Å². The molecule has 1 aliphatic rings. The molecular weight excluding hydrogens is 226 g/mol. The van der Waals surface area contributed by atoms with E-state index in [0.717, 1.165) is 12.2 Å². The highest BCUT2D eigenvalue weighted by atomic mass is 16.1. The van der Waals surface area contributed by atoms with Crippen molar-refractivity contribution >= 4 is 17.3 Å². The van der Waals surface area contributed by atoms with Crippen LogP contribution in [0.3, 0.4) is 0 Å². The van der Waals surface area contributed by atoms with Crippen LogP contribution in [-0.4, -0.2) is 19.5 Å². The van der Waals surface area contributed by atoms with Crippen molar-refractivity contribution in [2.45, 2.75) is 26.2 Å². The first-order chi connectivity index (χ1) is 8.60. The van der Waals surface area contributed by atoms with Crippen LogP contribution in [0.5, 0.6) is 0 Å². The fourth-order valence-corrected chi connectivity index (χ4v) is 2.12. The molecule has 1 aromatic rings. The zero-order chi connectivity index (χ0) is 13.2. The summed E-state index contributed by atoms with van der Waals surface area (Å²) in [6.45, 7) is 3.19. The summed E-state index contributed by atoms with van der Waals surface area (Å²) in [4.78, 5) is 11.5. The molecule has 0 aliphatic heterocycles. The molecule has 1 aliphatic carbocycles. The molecule has 0 bridgehead atoms. The number of anilines is 2. The maximum atomic E-state index is 11.5. The monoisotopic (exact) mass is 247 g/mol. The first-order valence-electron chi connectivity index (χ1n) is 6.46. The smallest absolute Gasteiger partial charge is 0.251 e. The Labute approximate surface area is 108 Å². The third-order valence-corrected chi connectivity index (χ3v) is 3.90. The van der Waals surface area contributed by atoms with Crippen molar-refractivity contribution in [3.8, 4) is 0 Å². The Hall–Kier alpha value is -1.71. The van der Waals surface area contributed by atoms with E-state index in [-0.39, 0.29) is 5.91 Å². The number of hydrogen-bond donors (Lipinski definition) is 3. The van der Waals surface area contributed by atoms with Gasteiger partial charge in [0.1, 0.15) is 0 Å². The normalized spacial score (nSPS) is 16.1. The van der Waals surface area contributed by atoms with Gasteiger partial charge in [0.25, 0.3) is 5.91 Å². The molecule has 0 atom stereocenters. The van der Waals surface area contributed by atoms with Crippen LogP contribution in [0.2, 0.25) is 0 Å². The molecule has 0 aromatic heterocycles. The van der Waals surface area contributed by atoms with Crippen LogP contribution in [0, 0.1) is 5.41 Å². The van der Waals surface area contributed by atoms with Crippen molar-refractivity contribution in [1.29, 1.82) is 0 Å². The van der Waals surface area contributed by atoms with E-state index in [0.29, 0.717) is 16.7 Å². The number of nitrogens with two attached hydrogens (primary N) is 1. The third kappa shape index (κ3) is 2.58. The molecule has 4 N–H and O–H groups in total. The molecule has 4 nitrogen and oxygen atoms in total. The average Bonchev–Trinajstić information content (AvgIpc) is 3.17. The Bertz CT molecular complexity index is 452. The summed E-state index contributed by atoms with van der Waals surface area (Å²) in [6.07, 6.45) is 3.80. The number of nitrogen functional groups attached to an aromatic ring is 1.